The van der Waals surface area contributed by atoms with Crippen LogP contribution >= 0.6 is 11.6 Å². The SMILES string of the molecule is CCC(OC1CCCC1)C(=O)Nc1ccc(C(=O)N(CC)CC)c(Cl)c1. The molecule has 0 aromatic heterocycles. The molecule has 1 unspecified atom stereocenters. The number of nitrogens with zero attached hydrogens (tertiary/aromatic N) is 1. The third-order valence-electron chi connectivity index (χ3n) is 4.84. The summed E-state index contributed by atoms with van der Waals surface area (Å²) in [7, 11) is 0. The van der Waals surface area contributed by atoms with Gasteiger partial charge in [-0.2, -0.15) is 0 Å². The number of anilines is 1. The second-order valence-corrected chi connectivity index (χ2v) is 7.01. The van der Waals surface area contributed by atoms with Crippen LogP contribution in [0.5, 0.6) is 0 Å². The van der Waals surface area contributed by atoms with Crippen molar-refractivity contribution in [1.82, 2.24) is 4.90 Å². The maximum Gasteiger partial charge on any atom is 0.255 e. The molecule has 0 bridgehead atoms. The van der Waals surface area contributed by atoms with Gasteiger partial charge < -0.3 is 15.0 Å². The van der Waals surface area contributed by atoms with Crippen LogP contribution in [0.25, 0.3) is 0 Å². The lowest BCUT2D eigenvalue weighted by molar-refractivity contribution is -0.131. The van der Waals surface area contributed by atoms with Crippen molar-refractivity contribution < 1.29 is 14.3 Å². The third kappa shape index (κ3) is 5.21. The number of ether oxygens (including phenoxy) is 1. The second-order valence-electron chi connectivity index (χ2n) is 6.60. The number of amides is 2. The average Bonchev–Trinajstić information content (AvgIpc) is 3.13. The molecule has 144 valence electrons. The monoisotopic (exact) mass is 380 g/mol. The number of nitrogens with one attached hydrogen (secondary N) is 1. The van der Waals surface area contributed by atoms with Crippen LogP contribution in [0.1, 0.15) is 63.2 Å². The van der Waals surface area contributed by atoms with Crippen LogP contribution < -0.4 is 5.32 Å². The van der Waals surface area contributed by atoms with E-state index >= 15 is 0 Å². The van der Waals surface area contributed by atoms with E-state index in [1.165, 1.54) is 12.8 Å². The number of hydrogen-bond acceptors (Lipinski definition) is 3. The summed E-state index contributed by atoms with van der Waals surface area (Å²) in [6, 6.07) is 5.00. The summed E-state index contributed by atoms with van der Waals surface area (Å²) in [5, 5.41) is 3.20. The zero-order valence-electron chi connectivity index (χ0n) is 15.9. The molecule has 1 aromatic rings. The zero-order chi connectivity index (χ0) is 19.1. The van der Waals surface area contributed by atoms with Gasteiger partial charge in [-0.3, -0.25) is 9.59 Å². The van der Waals surface area contributed by atoms with Gasteiger partial charge in [0.05, 0.1) is 16.7 Å². The van der Waals surface area contributed by atoms with Gasteiger partial charge in [0.2, 0.25) is 0 Å². The molecule has 1 aromatic carbocycles. The van der Waals surface area contributed by atoms with Crippen molar-refractivity contribution in [3.8, 4) is 0 Å². The molecule has 5 nitrogen and oxygen atoms in total. The number of carbonyl (C=O) groups is 2. The Labute approximate surface area is 161 Å². The Hall–Kier alpha value is -1.59. The molecule has 26 heavy (non-hydrogen) atoms. The highest BCUT2D eigenvalue weighted by Crippen LogP contribution is 2.25. The maximum absolute atomic E-state index is 12.5. The fourth-order valence-corrected chi connectivity index (χ4v) is 3.53. The first kappa shape index (κ1) is 20.7. The Kier molecular flexibility index (Phi) is 7.91. The van der Waals surface area contributed by atoms with Gasteiger partial charge in [0, 0.05) is 18.8 Å². The van der Waals surface area contributed by atoms with Crippen molar-refractivity contribution >= 4 is 29.1 Å². The molecule has 1 aliphatic rings. The Bertz CT molecular complexity index is 625. The fourth-order valence-electron chi connectivity index (χ4n) is 3.27. The van der Waals surface area contributed by atoms with Crippen molar-refractivity contribution in [2.45, 2.75) is 65.1 Å². The van der Waals surface area contributed by atoms with Crippen molar-refractivity contribution in [3.63, 3.8) is 0 Å². The first-order valence-electron chi connectivity index (χ1n) is 9.55. The van der Waals surface area contributed by atoms with E-state index in [4.69, 9.17) is 16.3 Å². The molecule has 0 spiro atoms. The van der Waals surface area contributed by atoms with Gasteiger partial charge in [-0.05, 0) is 51.3 Å². The highest BCUT2D eigenvalue weighted by atomic mass is 35.5. The van der Waals surface area contributed by atoms with E-state index < -0.39 is 6.10 Å². The van der Waals surface area contributed by atoms with Crippen LogP contribution in [-0.4, -0.2) is 42.0 Å². The Balaban J connectivity index is 2.03. The maximum atomic E-state index is 12.5. The minimum absolute atomic E-state index is 0.103. The molecule has 1 aliphatic carbocycles. The first-order chi connectivity index (χ1) is 12.5. The highest BCUT2D eigenvalue weighted by molar-refractivity contribution is 6.34. The molecule has 1 fully saturated rings. The number of halogens is 1. The molecule has 6 heteroatoms. The molecule has 2 amide bonds. The molecule has 1 atom stereocenters. The van der Waals surface area contributed by atoms with Gasteiger partial charge in [-0.15, -0.1) is 0 Å². The summed E-state index contributed by atoms with van der Waals surface area (Å²) in [5.74, 6) is -0.271. The van der Waals surface area contributed by atoms with Crippen LogP contribution in [0.3, 0.4) is 0 Å². The molecule has 1 N–H and O–H groups in total. The van der Waals surface area contributed by atoms with Crippen molar-refractivity contribution in [1.29, 1.82) is 0 Å². The number of benzene rings is 1. The molecule has 1 saturated carbocycles. The molecule has 0 radical (unpaired) electrons. The van der Waals surface area contributed by atoms with Crippen molar-refractivity contribution in [2.75, 3.05) is 18.4 Å². The highest BCUT2D eigenvalue weighted by Gasteiger charge is 2.25. The summed E-state index contributed by atoms with van der Waals surface area (Å²) >= 11 is 6.29. The van der Waals surface area contributed by atoms with Gasteiger partial charge in [0.1, 0.15) is 6.10 Å². The van der Waals surface area contributed by atoms with Gasteiger partial charge in [-0.25, -0.2) is 0 Å². The van der Waals surface area contributed by atoms with E-state index in [2.05, 4.69) is 5.32 Å². The first-order valence-corrected chi connectivity index (χ1v) is 9.93. The summed E-state index contributed by atoms with van der Waals surface area (Å²) < 4.78 is 5.94. The molecular formula is C20H29ClN2O3. The second kappa shape index (κ2) is 9.93. The predicted molar refractivity (Wildman–Crippen MR) is 105 cm³/mol. The van der Waals surface area contributed by atoms with E-state index in [1.54, 1.807) is 23.1 Å². The Morgan fingerprint density at radius 3 is 2.42 bits per heavy atom. The van der Waals surface area contributed by atoms with Crippen LogP contribution in [0.15, 0.2) is 18.2 Å². The topological polar surface area (TPSA) is 58.6 Å². The van der Waals surface area contributed by atoms with Gasteiger partial charge in [0.15, 0.2) is 0 Å². The summed E-state index contributed by atoms with van der Waals surface area (Å²) in [5.41, 5.74) is 1.02. The number of hydrogen-bond donors (Lipinski definition) is 1. The third-order valence-corrected chi connectivity index (χ3v) is 5.15. The van der Waals surface area contributed by atoms with Crippen LogP contribution in [-0.2, 0) is 9.53 Å². The Morgan fingerprint density at radius 1 is 1.23 bits per heavy atom. The molecule has 0 heterocycles. The van der Waals surface area contributed by atoms with E-state index in [9.17, 15) is 9.59 Å². The summed E-state index contributed by atoms with van der Waals surface area (Å²) in [6.45, 7) is 7.05. The number of rotatable bonds is 8. The zero-order valence-corrected chi connectivity index (χ0v) is 16.6. The molecule has 0 saturated heterocycles. The largest absolute Gasteiger partial charge is 0.365 e. The molecule has 0 aliphatic heterocycles. The average molecular weight is 381 g/mol. The van der Waals surface area contributed by atoms with Crippen molar-refractivity contribution in [3.05, 3.63) is 28.8 Å². The summed E-state index contributed by atoms with van der Waals surface area (Å²) in [6.07, 6.45) is 4.72. The summed E-state index contributed by atoms with van der Waals surface area (Å²) in [4.78, 5) is 26.7. The minimum atomic E-state index is -0.464. The van der Waals surface area contributed by atoms with Gasteiger partial charge in [-0.1, -0.05) is 31.4 Å². The van der Waals surface area contributed by atoms with E-state index in [1.807, 2.05) is 20.8 Å². The lowest BCUT2D eigenvalue weighted by Gasteiger charge is -2.21. The van der Waals surface area contributed by atoms with E-state index in [-0.39, 0.29) is 17.9 Å². The lowest BCUT2D eigenvalue weighted by Crippen LogP contribution is -2.33. The molecule has 2 rings (SSSR count). The predicted octanol–water partition coefficient (Wildman–Crippen LogP) is 4.50. The van der Waals surface area contributed by atoms with E-state index in [0.29, 0.717) is 35.8 Å². The van der Waals surface area contributed by atoms with Gasteiger partial charge in [0.25, 0.3) is 11.8 Å². The van der Waals surface area contributed by atoms with Crippen LogP contribution in [0.4, 0.5) is 5.69 Å². The normalized spacial score (nSPS) is 15.7. The van der Waals surface area contributed by atoms with Crippen LogP contribution in [0.2, 0.25) is 5.02 Å². The van der Waals surface area contributed by atoms with Crippen molar-refractivity contribution in [2.24, 2.45) is 0 Å². The standard InChI is InChI=1S/C20H29ClN2O3/c1-4-18(26-15-9-7-8-10-15)19(24)22-14-11-12-16(17(21)13-14)20(25)23(5-2)6-3/h11-13,15,18H,4-10H2,1-3H3,(H,22,24). The lowest BCUT2D eigenvalue weighted by atomic mass is 10.1. The van der Waals surface area contributed by atoms with Crippen LogP contribution in [0, 0.1) is 0 Å². The van der Waals surface area contributed by atoms with E-state index in [0.717, 1.165) is 12.8 Å². The molecular weight excluding hydrogens is 352 g/mol. The quantitative estimate of drug-likeness (QED) is 0.722. The minimum Gasteiger partial charge on any atom is -0.365 e. The fraction of sp³-hybridized carbons (Fsp3) is 0.600. The van der Waals surface area contributed by atoms with Gasteiger partial charge >= 0.3 is 0 Å². The number of carbonyl (C=O) groups excluding carboxylic acids is 2. The smallest absolute Gasteiger partial charge is 0.255 e. The Morgan fingerprint density at radius 2 is 1.88 bits per heavy atom.